The lowest BCUT2D eigenvalue weighted by Crippen LogP contribution is -2.44. The molecule has 0 heterocycles. The first-order valence-electron chi connectivity index (χ1n) is 9.29. The molecule has 0 aliphatic heterocycles. The summed E-state index contributed by atoms with van der Waals surface area (Å²) in [5.74, 6) is -0.380. The fourth-order valence-electron chi connectivity index (χ4n) is 3.01. The number of primary amides is 1. The smallest absolute Gasteiger partial charge is 0.321 e. The van der Waals surface area contributed by atoms with Gasteiger partial charge >= 0.3 is 5.97 Å². The predicted octanol–water partition coefficient (Wildman–Crippen LogP) is 2.57. The molecule has 0 radical (unpaired) electrons. The van der Waals surface area contributed by atoms with E-state index >= 15 is 0 Å². The number of esters is 1. The second kappa shape index (κ2) is 9.82. The lowest BCUT2D eigenvalue weighted by Gasteiger charge is -2.25. The molecule has 0 fully saturated rings. The van der Waals surface area contributed by atoms with Crippen molar-refractivity contribution in [2.75, 3.05) is 33.2 Å². The highest BCUT2D eigenvalue weighted by Crippen LogP contribution is 2.36. The van der Waals surface area contributed by atoms with Crippen molar-refractivity contribution < 1.29 is 23.8 Å². The van der Waals surface area contributed by atoms with E-state index in [2.05, 4.69) is 5.32 Å². The Morgan fingerprint density at radius 2 is 1.69 bits per heavy atom. The van der Waals surface area contributed by atoms with Crippen molar-refractivity contribution in [3.8, 4) is 11.5 Å². The summed E-state index contributed by atoms with van der Waals surface area (Å²) in [6, 6.07) is 13.1. The molecule has 7 nitrogen and oxygen atoms in total. The maximum absolute atomic E-state index is 12.8. The summed E-state index contributed by atoms with van der Waals surface area (Å²) in [5, 5.41) is 3.05. The number of hydrogen-bond acceptors (Lipinski definition) is 6. The molecule has 0 bridgehead atoms. The quantitative estimate of drug-likeness (QED) is 0.470. The van der Waals surface area contributed by atoms with Crippen LogP contribution in [0.1, 0.15) is 18.1 Å². The van der Waals surface area contributed by atoms with Crippen molar-refractivity contribution in [2.24, 2.45) is 11.1 Å². The fourth-order valence-corrected chi connectivity index (χ4v) is 3.01. The van der Waals surface area contributed by atoms with Crippen LogP contribution < -0.4 is 20.5 Å². The monoisotopic (exact) mass is 400 g/mol. The third kappa shape index (κ3) is 5.19. The van der Waals surface area contributed by atoms with Crippen LogP contribution in [0.3, 0.4) is 0 Å². The molecule has 1 amide bonds. The molecule has 0 aromatic heterocycles. The highest BCUT2D eigenvalue weighted by atomic mass is 16.5. The number of carbonyl (C=O) groups is 2. The van der Waals surface area contributed by atoms with Crippen molar-refractivity contribution in [3.63, 3.8) is 0 Å². The van der Waals surface area contributed by atoms with Crippen molar-refractivity contribution in [2.45, 2.75) is 19.8 Å². The lowest BCUT2D eigenvalue weighted by atomic mass is 9.82. The second-order valence-corrected chi connectivity index (χ2v) is 6.86. The molecule has 29 heavy (non-hydrogen) atoms. The predicted molar refractivity (Wildman–Crippen MR) is 111 cm³/mol. The molecule has 0 saturated carbocycles. The number of benzene rings is 2. The van der Waals surface area contributed by atoms with Crippen LogP contribution in [0.25, 0.3) is 0 Å². The van der Waals surface area contributed by atoms with E-state index in [0.717, 1.165) is 5.56 Å². The number of hydrogen-bond donors (Lipinski definition) is 2. The first-order valence-corrected chi connectivity index (χ1v) is 9.29. The van der Waals surface area contributed by atoms with Gasteiger partial charge in [-0.2, -0.15) is 0 Å². The molecule has 2 aromatic rings. The first-order chi connectivity index (χ1) is 13.8. The SMILES string of the molecule is CNc1cc(OC)c(OC)cc1CC(C)(C(N)=O)C(=O)OCCc1ccccc1. The van der Waals surface area contributed by atoms with E-state index in [1.165, 1.54) is 21.1 Å². The maximum atomic E-state index is 12.8. The molecule has 7 heteroatoms. The number of nitrogens with two attached hydrogens (primary N) is 1. The molecule has 0 spiro atoms. The van der Waals surface area contributed by atoms with E-state index in [0.29, 0.717) is 29.2 Å². The standard InChI is InChI=1S/C22H28N2O5/c1-22(20(23)25,21(26)29-11-10-15-8-6-5-7-9-15)14-16-12-18(27-3)19(28-4)13-17(16)24-2/h5-9,12-13,24H,10-11,14H2,1-4H3,(H2,23,25). The Kier molecular flexibility index (Phi) is 7.47. The number of amides is 1. The Balaban J connectivity index is 2.21. The number of carbonyl (C=O) groups excluding carboxylic acids is 2. The van der Waals surface area contributed by atoms with Crippen LogP contribution in [0.15, 0.2) is 42.5 Å². The molecule has 3 N–H and O–H groups in total. The molecular formula is C22H28N2O5. The minimum Gasteiger partial charge on any atom is -0.493 e. The van der Waals surface area contributed by atoms with Gasteiger partial charge < -0.3 is 25.3 Å². The normalized spacial score (nSPS) is 12.6. The number of methoxy groups -OCH3 is 2. The minimum absolute atomic E-state index is 0.0586. The van der Waals surface area contributed by atoms with E-state index in [-0.39, 0.29) is 13.0 Å². The van der Waals surface area contributed by atoms with Crippen LogP contribution in [0, 0.1) is 5.41 Å². The fraction of sp³-hybridized carbons (Fsp3) is 0.364. The van der Waals surface area contributed by atoms with Crippen LogP contribution in [0.2, 0.25) is 0 Å². The average Bonchev–Trinajstić information content (AvgIpc) is 2.73. The highest BCUT2D eigenvalue weighted by molar-refractivity contribution is 6.02. The Hall–Kier alpha value is -3.22. The second-order valence-electron chi connectivity index (χ2n) is 6.86. The summed E-state index contributed by atoms with van der Waals surface area (Å²) in [6.45, 7) is 1.66. The minimum atomic E-state index is -1.53. The summed E-state index contributed by atoms with van der Waals surface area (Å²) in [5.41, 5.74) is 6.51. The molecule has 1 unspecified atom stereocenters. The van der Waals surface area contributed by atoms with Crippen LogP contribution in [0.5, 0.6) is 11.5 Å². The molecule has 0 aliphatic rings. The van der Waals surface area contributed by atoms with Gasteiger partial charge in [0.1, 0.15) is 5.41 Å². The maximum Gasteiger partial charge on any atom is 0.321 e. The van der Waals surface area contributed by atoms with Gasteiger partial charge in [0.05, 0.1) is 20.8 Å². The Morgan fingerprint density at radius 3 is 2.24 bits per heavy atom. The van der Waals surface area contributed by atoms with Gasteiger partial charge in [-0.25, -0.2) is 0 Å². The number of ether oxygens (including phenoxy) is 3. The van der Waals surface area contributed by atoms with Gasteiger partial charge in [0.15, 0.2) is 11.5 Å². The van der Waals surface area contributed by atoms with Gasteiger partial charge in [0, 0.05) is 25.2 Å². The van der Waals surface area contributed by atoms with Gasteiger partial charge in [0.25, 0.3) is 0 Å². The van der Waals surface area contributed by atoms with E-state index in [1.807, 2.05) is 30.3 Å². The van der Waals surface area contributed by atoms with E-state index in [9.17, 15) is 9.59 Å². The third-order valence-electron chi connectivity index (χ3n) is 4.88. The first kappa shape index (κ1) is 22.1. The van der Waals surface area contributed by atoms with Crippen LogP contribution in [-0.2, 0) is 27.2 Å². The molecular weight excluding hydrogens is 372 g/mol. The zero-order valence-electron chi connectivity index (χ0n) is 17.3. The molecule has 0 aliphatic carbocycles. The molecule has 0 saturated heterocycles. The van der Waals surface area contributed by atoms with Crippen LogP contribution in [0.4, 0.5) is 5.69 Å². The number of rotatable bonds is 10. The molecule has 1 atom stereocenters. The lowest BCUT2D eigenvalue weighted by molar-refractivity contribution is -0.159. The Labute approximate surface area is 171 Å². The summed E-state index contributed by atoms with van der Waals surface area (Å²) < 4.78 is 16.0. The number of nitrogens with one attached hydrogen (secondary N) is 1. The van der Waals surface area contributed by atoms with Crippen LogP contribution >= 0.6 is 0 Å². The van der Waals surface area contributed by atoms with E-state index < -0.39 is 17.3 Å². The highest BCUT2D eigenvalue weighted by Gasteiger charge is 2.42. The van der Waals surface area contributed by atoms with Gasteiger partial charge in [-0.1, -0.05) is 30.3 Å². The Morgan fingerprint density at radius 1 is 1.07 bits per heavy atom. The van der Waals surface area contributed by atoms with E-state index in [1.54, 1.807) is 19.2 Å². The number of anilines is 1. The van der Waals surface area contributed by atoms with Gasteiger partial charge in [-0.3, -0.25) is 9.59 Å². The summed E-state index contributed by atoms with van der Waals surface area (Å²) in [6.07, 6.45) is 0.614. The van der Waals surface area contributed by atoms with Crippen molar-refractivity contribution in [1.29, 1.82) is 0 Å². The largest absolute Gasteiger partial charge is 0.493 e. The third-order valence-corrected chi connectivity index (χ3v) is 4.88. The van der Waals surface area contributed by atoms with Crippen LogP contribution in [-0.4, -0.2) is 39.8 Å². The topological polar surface area (TPSA) is 99.9 Å². The van der Waals surface area contributed by atoms with E-state index in [4.69, 9.17) is 19.9 Å². The van der Waals surface area contributed by atoms with Crippen molar-refractivity contribution >= 4 is 17.6 Å². The van der Waals surface area contributed by atoms with Gasteiger partial charge in [0.2, 0.25) is 5.91 Å². The molecule has 156 valence electrons. The van der Waals surface area contributed by atoms with Crippen molar-refractivity contribution in [3.05, 3.63) is 53.6 Å². The summed E-state index contributed by atoms with van der Waals surface area (Å²) in [7, 11) is 4.80. The average molecular weight is 400 g/mol. The van der Waals surface area contributed by atoms with Crippen molar-refractivity contribution in [1.82, 2.24) is 0 Å². The molecule has 2 aromatic carbocycles. The summed E-state index contributed by atoms with van der Waals surface area (Å²) in [4.78, 5) is 25.0. The summed E-state index contributed by atoms with van der Waals surface area (Å²) >= 11 is 0. The van der Waals surface area contributed by atoms with Gasteiger partial charge in [-0.15, -0.1) is 0 Å². The Bertz CT molecular complexity index is 854. The zero-order chi connectivity index (χ0) is 21.4. The molecule has 2 rings (SSSR count). The van der Waals surface area contributed by atoms with Gasteiger partial charge in [-0.05, 0) is 30.5 Å². The zero-order valence-corrected chi connectivity index (χ0v) is 17.3.